The number of rotatable bonds is 4. The van der Waals surface area contributed by atoms with E-state index in [0.717, 1.165) is 5.56 Å². The highest BCUT2D eigenvalue weighted by molar-refractivity contribution is 7.60. The Labute approximate surface area is 92.9 Å². The standard InChI is InChI=1S/C10H13O5P/c1-7-2-4-9(16(13,14)15)6-8(7)3-5-10(11)12/h2,4,6H,3,5H2,1H3,(H,11,12)(H2,13,14,15). The van der Waals surface area contributed by atoms with Crippen molar-refractivity contribution in [1.29, 1.82) is 0 Å². The van der Waals surface area contributed by atoms with Crippen LogP contribution in [0, 0.1) is 6.92 Å². The monoisotopic (exact) mass is 244 g/mol. The third-order valence-corrected chi connectivity index (χ3v) is 3.23. The van der Waals surface area contributed by atoms with Crippen LogP contribution in [0.1, 0.15) is 17.5 Å². The Morgan fingerprint density at radius 2 is 2.00 bits per heavy atom. The van der Waals surface area contributed by atoms with Gasteiger partial charge >= 0.3 is 13.6 Å². The van der Waals surface area contributed by atoms with Crippen LogP contribution in [0.3, 0.4) is 0 Å². The van der Waals surface area contributed by atoms with Gasteiger partial charge in [0.2, 0.25) is 0 Å². The van der Waals surface area contributed by atoms with E-state index in [2.05, 4.69) is 0 Å². The number of benzene rings is 1. The van der Waals surface area contributed by atoms with Crippen LogP contribution in [-0.2, 0) is 15.8 Å². The van der Waals surface area contributed by atoms with E-state index in [0.29, 0.717) is 5.56 Å². The smallest absolute Gasteiger partial charge is 0.356 e. The summed E-state index contributed by atoms with van der Waals surface area (Å²) in [6.45, 7) is 1.78. The van der Waals surface area contributed by atoms with Crippen LogP contribution in [0.15, 0.2) is 18.2 Å². The molecule has 0 saturated carbocycles. The van der Waals surface area contributed by atoms with Crippen molar-refractivity contribution in [2.24, 2.45) is 0 Å². The number of carboxylic acid groups (broad SMARTS) is 1. The zero-order valence-electron chi connectivity index (χ0n) is 8.75. The van der Waals surface area contributed by atoms with Crippen molar-refractivity contribution in [2.45, 2.75) is 19.8 Å². The predicted molar refractivity (Wildman–Crippen MR) is 58.8 cm³/mol. The molecular formula is C10H13O5P. The summed E-state index contributed by atoms with van der Waals surface area (Å²) in [5.74, 6) is -0.930. The first kappa shape index (κ1) is 12.9. The molecule has 0 aliphatic rings. The lowest BCUT2D eigenvalue weighted by Gasteiger charge is -2.09. The summed E-state index contributed by atoms with van der Waals surface area (Å²) in [5, 5.41) is 8.47. The summed E-state index contributed by atoms with van der Waals surface area (Å²) in [7, 11) is -4.26. The maximum atomic E-state index is 11.0. The van der Waals surface area contributed by atoms with E-state index in [-0.39, 0.29) is 18.1 Å². The van der Waals surface area contributed by atoms with Crippen LogP contribution in [0.25, 0.3) is 0 Å². The van der Waals surface area contributed by atoms with E-state index in [1.807, 2.05) is 0 Å². The molecule has 6 heteroatoms. The minimum absolute atomic E-state index is 0.0501. The molecule has 88 valence electrons. The number of carbonyl (C=O) groups is 1. The second-order valence-electron chi connectivity index (χ2n) is 3.55. The Morgan fingerprint density at radius 1 is 1.38 bits per heavy atom. The molecule has 0 unspecified atom stereocenters. The van der Waals surface area contributed by atoms with Gasteiger partial charge in [-0.05, 0) is 36.6 Å². The Morgan fingerprint density at radius 3 is 2.50 bits per heavy atom. The molecule has 16 heavy (non-hydrogen) atoms. The van der Waals surface area contributed by atoms with Crippen LogP contribution >= 0.6 is 7.60 Å². The fourth-order valence-corrected chi connectivity index (χ4v) is 1.94. The summed E-state index contributed by atoms with van der Waals surface area (Å²) < 4.78 is 11.0. The fraction of sp³-hybridized carbons (Fsp3) is 0.300. The van der Waals surface area contributed by atoms with Gasteiger partial charge in [-0.25, -0.2) is 0 Å². The highest BCUT2D eigenvalue weighted by Crippen LogP contribution is 2.33. The molecule has 0 saturated heterocycles. The lowest BCUT2D eigenvalue weighted by atomic mass is 10.0. The molecule has 3 N–H and O–H groups in total. The maximum Gasteiger partial charge on any atom is 0.356 e. The number of carboxylic acids is 1. The van der Waals surface area contributed by atoms with Crippen LogP contribution in [0.2, 0.25) is 0 Å². The molecule has 0 aliphatic heterocycles. The van der Waals surface area contributed by atoms with E-state index in [1.54, 1.807) is 13.0 Å². The Kier molecular flexibility index (Phi) is 3.86. The molecule has 5 nitrogen and oxygen atoms in total. The van der Waals surface area contributed by atoms with Crippen molar-refractivity contribution < 1.29 is 24.3 Å². The zero-order chi connectivity index (χ0) is 12.3. The molecule has 0 heterocycles. The van der Waals surface area contributed by atoms with Gasteiger partial charge in [-0.3, -0.25) is 9.36 Å². The first-order valence-corrected chi connectivity index (χ1v) is 6.29. The molecule has 0 fully saturated rings. The minimum Gasteiger partial charge on any atom is -0.481 e. The second kappa shape index (κ2) is 4.78. The highest BCUT2D eigenvalue weighted by Gasteiger charge is 2.17. The first-order valence-electron chi connectivity index (χ1n) is 4.68. The van der Waals surface area contributed by atoms with Crippen molar-refractivity contribution in [1.82, 2.24) is 0 Å². The summed E-state index contributed by atoms with van der Waals surface area (Å²) in [6, 6.07) is 4.32. The molecule has 0 amide bonds. The van der Waals surface area contributed by atoms with Crippen molar-refractivity contribution >= 4 is 18.9 Å². The summed E-state index contributed by atoms with van der Waals surface area (Å²) in [5.41, 5.74) is 1.49. The van der Waals surface area contributed by atoms with Gasteiger partial charge in [0.15, 0.2) is 0 Å². The molecule has 0 aromatic heterocycles. The number of aliphatic carboxylic acids is 1. The summed E-state index contributed by atoms with van der Waals surface area (Å²) >= 11 is 0. The van der Waals surface area contributed by atoms with E-state index >= 15 is 0 Å². The van der Waals surface area contributed by atoms with Crippen molar-refractivity contribution in [2.75, 3.05) is 0 Å². The SMILES string of the molecule is Cc1ccc(P(=O)(O)O)cc1CCC(=O)O. The largest absolute Gasteiger partial charge is 0.481 e. The molecule has 0 atom stereocenters. The van der Waals surface area contributed by atoms with Gasteiger partial charge in [-0.1, -0.05) is 6.07 Å². The number of aryl methyl sites for hydroxylation is 2. The molecular weight excluding hydrogens is 231 g/mol. The highest BCUT2D eigenvalue weighted by atomic mass is 31.2. The lowest BCUT2D eigenvalue weighted by molar-refractivity contribution is -0.136. The van der Waals surface area contributed by atoms with E-state index in [1.165, 1.54) is 12.1 Å². The fourth-order valence-electron chi connectivity index (χ4n) is 1.35. The Bertz CT molecular complexity index is 449. The predicted octanol–water partition coefficient (Wildman–Crippen LogP) is 0.815. The maximum absolute atomic E-state index is 11.0. The molecule has 1 rings (SSSR count). The molecule has 0 bridgehead atoms. The van der Waals surface area contributed by atoms with Crippen molar-refractivity contribution in [3.8, 4) is 0 Å². The van der Waals surface area contributed by atoms with Crippen LogP contribution in [0.4, 0.5) is 0 Å². The topological polar surface area (TPSA) is 94.8 Å². The molecule has 1 aromatic rings. The average Bonchev–Trinajstić information content (AvgIpc) is 2.14. The molecule has 0 aliphatic carbocycles. The zero-order valence-corrected chi connectivity index (χ0v) is 9.65. The third-order valence-electron chi connectivity index (χ3n) is 2.28. The minimum atomic E-state index is -4.26. The summed E-state index contributed by atoms with van der Waals surface area (Å²) in [4.78, 5) is 28.4. The van der Waals surface area contributed by atoms with Crippen molar-refractivity contribution in [3.63, 3.8) is 0 Å². The van der Waals surface area contributed by atoms with E-state index in [9.17, 15) is 9.36 Å². The lowest BCUT2D eigenvalue weighted by Crippen LogP contribution is -2.07. The van der Waals surface area contributed by atoms with Gasteiger partial charge < -0.3 is 14.9 Å². The van der Waals surface area contributed by atoms with E-state index < -0.39 is 13.6 Å². The first-order chi connectivity index (χ1) is 7.30. The normalized spacial score (nSPS) is 11.4. The van der Waals surface area contributed by atoms with Crippen LogP contribution in [-0.4, -0.2) is 20.9 Å². The quantitative estimate of drug-likeness (QED) is 0.681. The number of hydrogen-bond acceptors (Lipinski definition) is 2. The van der Waals surface area contributed by atoms with Crippen LogP contribution < -0.4 is 5.30 Å². The second-order valence-corrected chi connectivity index (χ2v) is 5.15. The van der Waals surface area contributed by atoms with Gasteiger partial charge in [-0.15, -0.1) is 0 Å². The molecule has 0 radical (unpaired) electrons. The summed E-state index contributed by atoms with van der Waals surface area (Å²) in [6.07, 6.45) is 0.223. The molecule has 1 aromatic carbocycles. The average molecular weight is 244 g/mol. The van der Waals surface area contributed by atoms with Gasteiger partial charge in [0, 0.05) is 6.42 Å². The molecule has 0 spiro atoms. The third kappa shape index (κ3) is 3.45. The van der Waals surface area contributed by atoms with Gasteiger partial charge in [-0.2, -0.15) is 0 Å². The van der Waals surface area contributed by atoms with Crippen molar-refractivity contribution in [3.05, 3.63) is 29.3 Å². The van der Waals surface area contributed by atoms with Gasteiger partial charge in [0.1, 0.15) is 0 Å². The van der Waals surface area contributed by atoms with Gasteiger partial charge in [0.25, 0.3) is 0 Å². The number of hydrogen-bond donors (Lipinski definition) is 3. The van der Waals surface area contributed by atoms with E-state index in [4.69, 9.17) is 14.9 Å². The Hall–Kier alpha value is -1.16. The van der Waals surface area contributed by atoms with Gasteiger partial charge in [0.05, 0.1) is 5.30 Å². The van der Waals surface area contributed by atoms with Crippen LogP contribution in [0.5, 0.6) is 0 Å². The Balaban J connectivity index is 3.00.